The smallest absolute Gasteiger partial charge is 0.245 e. The molecule has 2 fully saturated rings. The molecule has 36 heavy (non-hydrogen) atoms. The van der Waals surface area contributed by atoms with E-state index in [0.29, 0.717) is 12.3 Å². The lowest BCUT2D eigenvalue weighted by Crippen LogP contribution is -2.54. The summed E-state index contributed by atoms with van der Waals surface area (Å²) in [7, 11) is 0. The van der Waals surface area contributed by atoms with Crippen LogP contribution >= 0.6 is 0 Å². The number of piperazine rings is 1. The molecule has 2 aliphatic heterocycles. The van der Waals surface area contributed by atoms with Gasteiger partial charge in [0.2, 0.25) is 11.8 Å². The van der Waals surface area contributed by atoms with Crippen molar-refractivity contribution < 1.29 is 9.59 Å². The third-order valence-corrected chi connectivity index (χ3v) is 7.47. The number of likely N-dealkylation sites (tertiary alicyclic amines) is 1. The van der Waals surface area contributed by atoms with E-state index in [4.69, 9.17) is 0 Å². The van der Waals surface area contributed by atoms with Crippen LogP contribution in [0.4, 0.5) is 5.82 Å². The van der Waals surface area contributed by atoms with Crippen molar-refractivity contribution in [2.75, 3.05) is 50.7 Å². The molecule has 1 aromatic carbocycles. The van der Waals surface area contributed by atoms with Crippen LogP contribution in [-0.2, 0) is 16.0 Å². The van der Waals surface area contributed by atoms with Gasteiger partial charge < -0.3 is 20.1 Å². The molecule has 8 nitrogen and oxygen atoms in total. The van der Waals surface area contributed by atoms with Gasteiger partial charge in [0.25, 0.3) is 0 Å². The largest absolute Gasteiger partial charge is 0.361 e. The van der Waals surface area contributed by atoms with E-state index < -0.39 is 6.04 Å². The van der Waals surface area contributed by atoms with Crippen LogP contribution in [0.1, 0.15) is 25.3 Å². The maximum atomic E-state index is 13.6. The zero-order valence-electron chi connectivity index (χ0n) is 21.0. The van der Waals surface area contributed by atoms with Gasteiger partial charge in [-0.2, -0.15) is 0 Å². The molecule has 190 valence electrons. The number of aromatic nitrogens is 2. The van der Waals surface area contributed by atoms with E-state index in [9.17, 15) is 9.59 Å². The van der Waals surface area contributed by atoms with Crippen molar-refractivity contribution >= 4 is 28.5 Å². The number of nitrogens with one attached hydrogen (secondary N) is 2. The van der Waals surface area contributed by atoms with Crippen molar-refractivity contribution in [2.45, 2.75) is 32.2 Å². The van der Waals surface area contributed by atoms with E-state index >= 15 is 0 Å². The number of fused-ring (bicyclic) bond motifs is 1. The summed E-state index contributed by atoms with van der Waals surface area (Å²) in [4.78, 5) is 40.2. The number of pyridine rings is 1. The number of nitrogens with zero attached hydrogens (tertiary/aromatic N) is 4. The number of carbonyl (C=O) groups is 2. The minimum atomic E-state index is -0.553. The highest BCUT2D eigenvalue weighted by molar-refractivity contribution is 5.89. The van der Waals surface area contributed by atoms with E-state index in [1.165, 1.54) is 6.92 Å². The maximum absolute atomic E-state index is 13.6. The number of carbonyl (C=O) groups excluding carboxylic acids is 2. The van der Waals surface area contributed by atoms with Crippen LogP contribution in [0.2, 0.25) is 0 Å². The summed E-state index contributed by atoms with van der Waals surface area (Å²) in [5, 5.41) is 4.03. The monoisotopic (exact) mass is 488 g/mol. The summed E-state index contributed by atoms with van der Waals surface area (Å²) in [6.45, 7) is 7.97. The lowest BCUT2D eigenvalue weighted by atomic mass is 9.95. The van der Waals surface area contributed by atoms with Gasteiger partial charge in [0.15, 0.2) is 0 Å². The fourth-order valence-corrected chi connectivity index (χ4v) is 5.67. The lowest BCUT2D eigenvalue weighted by Gasteiger charge is -2.40. The van der Waals surface area contributed by atoms with Crippen LogP contribution < -0.4 is 10.2 Å². The van der Waals surface area contributed by atoms with Crippen molar-refractivity contribution in [3.63, 3.8) is 0 Å². The second-order valence-electron chi connectivity index (χ2n) is 10.1. The van der Waals surface area contributed by atoms with E-state index in [-0.39, 0.29) is 11.8 Å². The third-order valence-electron chi connectivity index (χ3n) is 7.47. The summed E-state index contributed by atoms with van der Waals surface area (Å²) in [6, 6.07) is 13.6. The number of anilines is 1. The summed E-state index contributed by atoms with van der Waals surface area (Å²) >= 11 is 0. The molecule has 0 aliphatic carbocycles. The number of aromatic amines is 1. The van der Waals surface area contributed by atoms with Crippen LogP contribution in [0.25, 0.3) is 10.9 Å². The van der Waals surface area contributed by atoms with E-state index in [1.807, 2.05) is 47.6 Å². The average molecular weight is 489 g/mol. The van der Waals surface area contributed by atoms with Crippen molar-refractivity contribution in [2.24, 2.45) is 5.92 Å². The molecular formula is C28H36N6O2. The van der Waals surface area contributed by atoms with Crippen LogP contribution in [0.15, 0.2) is 54.9 Å². The van der Waals surface area contributed by atoms with Gasteiger partial charge >= 0.3 is 0 Å². The first kappa shape index (κ1) is 24.3. The molecular weight excluding hydrogens is 452 g/mol. The quantitative estimate of drug-likeness (QED) is 0.534. The summed E-state index contributed by atoms with van der Waals surface area (Å²) in [6.07, 6.45) is 6.43. The standard InChI is InChI=1S/C28H36N6O2/c1-21(35)31-26(17-23-18-30-25-9-3-2-8-24(23)25)28(36)34-12-6-7-22(20-34)19-32-13-15-33(16-14-32)27-10-4-5-11-29-27/h2-5,8-11,18,22,26,30H,6-7,12-17,19-20H2,1H3,(H,31,35). The van der Waals surface area contributed by atoms with Crippen molar-refractivity contribution in [1.82, 2.24) is 25.1 Å². The van der Waals surface area contributed by atoms with Gasteiger partial charge in [-0.25, -0.2) is 4.98 Å². The second kappa shape index (κ2) is 11.1. The Labute approximate surface area is 212 Å². The number of H-pyrrole nitrogens is 1. The maximum Gasteiger partial charge on any atom is 0.245 e. The van der Waals surface area contributed by atoms with Gasteiger partial charge in [0.1, 0.15) is 11.9 Å². The zero-order valence-corrected chi connectivity index (χ0v) is 21.0. The fourth-order valence-electron chi connectivity index (χ4n) is 5.67. The Balaban J connectivity index is 1.18. The van der Waals surface area contributed by atoms with Crippen molar-refractivity contribution in [3.8, 4) is 0 Å². The van der Waals surface area contributed by atoms with Crippen LogP contribution in [-0.4, -0.2) is 83.4 Å². The third kappa shape index (κ3) is 5.70. The molecule has 2 aromatic heterocycles. The molecule has 2 amide bonds. The molecule has 2 saturated heterocycles. The van der Waals surface area contributed by atoms with E-state index in [1.54, 1.807) is 0 Å². The number of hydrogen-bond donors (Lipinski definition) is 2. The first-order valence-corrected chi connectivity index (χ1v) is 13.1. The van der Waals surface area contributed by atoms with Crippen molar-refractivity contribution in [3.05, 3.63) is 60.4 Å². The van der Waals surface area contributed by atoms with Gasteiger partial charge in [0, 0.05) is 82.5 Å². The Kier molecular flexibility index (Phi) is 7.51. The molecule has 0 spiro atoms. The Bertz CT molecular complexity index is 1170. The summed E-state index contributed by atoms with van der Waals surface area (Å²) < 4.78 is 0. The topological polar surface area (TPSA) is 84.6 Å². The van der Waals surface area contributed by atoms with Crippen LogP contribution in [0.5, 0.6) is 0 Å². The molecule has 5 rings (SSSR count). The molecule has 2 aliphatic rings. The Morgan fingerprint density at radius 2 is 1.89 bits per heavy atom. The average Bonchev–Trinajstić information content (AvgIpc) is 3.31. The Hall–Kier alpha value is -3.39. The van der Waals surface area contributed by atoms with Gasteiger partial charge in [-0.15, -0.1) is 0 Å². The molecule has 2 atom stereocenters. The van der Waals surface area contributed by atoms with Crippen molar-refractivity contribution in [1.29, 1.82) is 0 Å². The highest BCUT2D eigenvalue weighted by Gasteiger charge is 2.31. The van der Waals surface area contributed by atoms with Crippen LogP contribution in [0, 0.1) is 5.92 Å². The highest BCUT2D eigenvalue weighted by Crippen LogP contribution is 2.23. The molecule has 0 bridgehead atoms. The fraction of sp³-hybridized carbons (Fsp3) is 0.464. The number of hydrogen-bond acceptors (Lipinski definition) is 5. The molecule has 0 saturated carbocycles. The number of para-hydroxylation sites is 1. The van der Waals surface area contributed by atoms with Gasteiger partial charge in [-0.1, -0.05) is 24.3 Å². The van der Waals surface area contributed by atoms with E-state index in [0.717, 1.165) is 80.9 Å². The minimum absolute atomic E-state index is 0.0279. The van der Waals surface area contributed by atoms with E-state index in [2.05, 4.69) is 37.2 Å². The molecule has 3 aromatic rings. The number of rotatable bonds is 7. The molecule has 0 radical (unpaired) electrons. The Morgan fingerprint density at radius 3 is 2.67 bits per heavy atom. The summed E-state index contributed by atoms with van der Waals surface area (Å²) in [5.74, 6) is 1.36. The van der Waals surface area contributed by atoms with Crippen LogP contribution in [0.3, 0.4) is 0 Å². The Morgan fingerprint density at radius 1 is 1.08 bits per heavy atom. The summed E-state index contributed by atoms with van der Waals surface area (Å²) in [5.41, 5.74) is 2.10. The molecule has 4 heterocycles. The predicted octanol–water partition coefficient (Wildman–Crippen LogP) is 2.67. The van der Waals surface area contributed by atoms with Gasteiger partial charge in [0.05, 0.1) is 0 Å². The lowest BCUT2D eigenvalue weighted by molar-refractivity contribution is -0.137. The number of amides is 2. The number of benzene rings is 1. The molecule has 2 N–H and O–H groups in total. The SMILES string of the molecule is CC(=O)NC(Cc1c[nH]c2ccccc12)C(=O)N1CCCC(CN2CCN(c3ccccn3)CC2)C1. The predicted molar refractivity (Wildman–Crippen MR) is 142 cm³/mol. The normalized spacial score (nSPS) is 19.9. The first-order chi connectivity index (χ1) is 17.6. The molecule has 2 unspecified atom stereocenters. The first-order valence-electron chi connectivity index (χ1n) is 13.1. The molecule has 8 heteroatoms. The second-order valence-corrected chi connectivity index (χ2v) is 10.1. The van der Waals surface area contributed by atoms with Gasteiger partial charge in [-0.05, 0) is 42.5 Å². The highest BCUT2D eigenvalue weighted by atomic mass is 16.2. The van der Waals surface area contributed by atoms with Gasteiger partial charge in [-0.3, -0.25) is 14.5 Å². The minimum Gasteiger partial charge on any atom is -0.361 e. The number of piperidine rings is 1. The zero-order chi connectivity index (χ0) is 24.9.